The van der Waals surface area contributed by atoms with Crippen molar-refractivity contribution in [3.8, 4) is 0 Å². The van der Waals surface area contributed by atoms with Crippen molar-refractivity contribution in [3.05, 3.63) is 0 Å². The number of nitrogens with zero attached hydrogens (tertiary/aromatic N) is 3. The topological polar surface area (TPSA) is 191 Å². The van der Waals surface area contributed by atoms with Crippen molar-refractivity contribution < 1.29 is 32.4 Å². The number of nitrogens with two attached hydrogens (primary N) is 1. The molecule has 1 unspecified atom stereocenters. The third-order valence-electron chi connectivity index (χ3n) is 10.2. The van der Waals surface area contributed by atoms with E-state index in [9.17, 15) is 32.4 Å². The summed E-state index contributed by atoms with van der Waals surface area (Å²) < 4.78 is 28.6. The molecule has 6 atom stereocenters. The normalized spacial score (nSPS) is 26.0. The average molecular weight is 684 g/mol. The van der Waals surface area contributed by atoms with Crippen LogP contribution in [-0.4, -0.2) is 109 Å². The van der Waals surface area contributed by atoms with Crippen LogP contribution in [0.1, 0.15) is 88.0 Å². The van der Waals surface area contributed by atoms with Crippen LogP contribution in [-0.2, 0) is 29.4 Å². The van der Waals surface area contributed by atoms with Gasteiger partial charge >= 0.3 is 6.03 Å². The number of primary amides is 1. The number of fused-ring (bicyclic) bond motifs is 1. The van der Waals surface area contributed by atoms with Gasteiger partial charge in [0.1, 0.15) is 12.1 Å². The number of amides is 5. The van der Waals surface area contributed by atoms with Crippen LogP contribution in [0.25, 0.3) is 0 Å². The van der Waals surface area contributed by atoms with Gasteiger partial charge in [-0.05, 0) is 40.9 Å². The van der Waals surface area contributed by atoms with Gasteiger partial charge in [-0.3, -0.25) is 19.2 Å². The van der Waals surface area contributed by atoms with Crippen molar-refractivity contribution in [2.75, 3.05) is 33.2 Å². The fraction of sp³-hybridized carbons (Fsp3) is 0.844. The molecule has 0 aromatic heterocycles. The zero-order valence-electron chi connectivity index (χ0n) is 29.8. The Labute approximate surface area is 280 Å². The number of nitrogens with one attached hydrogen (secondary N) is 3. The van der Waals surface area contributed by atoms with Crippen LogP contribution in [0, 0.1) is 28.1 Å². The molecule has 2 heterocycles. The lowest BCUT2D eigenvalue weighted by Crippen LogP contribution is -2.63. The molecule has 15 heteroatoms. The van der Waals surface area contributed by atoms with Crippen molar-refractivity contribution in [1.29, 1.82) is 0 Å². The molecule has 1 aliphatic carbocycles. The Kier molecular flexibility index (Phi) is 11.5. The fourth-order valence-corrected chi connectivity index (χ4v) is 8.34. The summed E-state index contributed by atoms with van der Waals surface area (Å²) >= 11 is 0. The van der Waals surface area contributed by atoms with Gasteiger partial charge in [0.15, 0.2) is 0 Å². The van der Waals surface area contributed by atoms with Crippen molar-refractivity contribution >= 4 is 39.7 Å². The number of hydrogen-bond donors (Lipinski definition) is 4. The maximum atomic E-state index is 14.3. The third kappa shape index (κ3) is 8.45. The molecule has 0 aromatic carbocycles. The molecule has 268 valence electrons. The van der Waals surface area contributed by atoms with Gasteiger partial charge in [-0.2, -0.15) is 17.0 Å². The van der Waals surface area contributed by atoms with Crippen molar-refractivity contribution in [2.45, 2.75) is 112 Å². The fourth-order valence-electron chi connectivity index (χ4n) is 6.89. The molecule has 3 rings (SSSR count). The zero-order valence-corrected chi connectivity index (χ0v) is 30.6. The van der Waals surface area contributed by atoms with E-state index < -0.39 is 74.7 Å². The lowest BCUT2D eigenvalue weighted by Gasteiger charge is -2.40. The molecule has 2 saturated heterocycles. The molecule has 14 nitrogen and oxygen atoms in total. The van der Waals surface area contributed by atoms with Crippen LogP contribution in [0.3, 0.4) is 0 Å². The Hall–Kier alpha value is -2.78. The molecule has 3 fully saturated rings. The van der Waals surface area contributed by atoms with Gasteiger partial charge in [0.25, 0.3) is 16.1 Å². The standard InChI is InChI=1S/C32H57N7O7S/c1-11-12-14-20(24(40)26(33)41)34-27(42)23-22-19(32(22,8)9)17-39(23)28(43)25(31(5,6)7)36-29(44)35-21(30(2,3)4)18-38-16-13-15-37(10)47(38,45)46/h19-23,25H,11-18H2,1-10H3,(H2,33,41)(H,34,42)(H2,35,36,44)/t19-,20?,21+,22-,23-,25+/m0/s1. The van der Waals surface area contributed by atoms with Crippen LogP contribution in [0.2, 0.25) is 0 Å². The minimum absolute atomic E-state index is 0.0486. The summed E-state index contributed by atoms with van der Waals surface area (Å²) in [6.45, 7) is 18.3. The highest BCUT2D eigenvalue weighted by Crippen LogP contribution is 2.65. The first-order chi connectivity index (χ1) is 21.5. The van der Waals surface area contributed by atoms with Crippen molar-refractivity contribution in [1.82, 2.24) is 29.5 Å². The van der Waals surface area contributed by atoms with E-state index in [0.29, 0.717) is 32.5 Å². The quantitative estimate of drug-likeness (QED) is 0.222. The van der Waals surface area contributed by atoms with Crippen molar-refractivity contribution in [2.24, 2.45) is 33.8 Å². The molecule has 47 heavy (non-hydrogen) atoms. The smallest absolute Gasteiger partial charge is 0.315 e. The van der Waals surface area contributed by atoms with Crippen LogP contribution in [0.5, 0.6) is 0 Å². The van der Waals surface area contributed by atoms with Crippen LogP contribution in [0.15, 0.2) is 0 Å². The molecule has 0 aromatic rings. The van der Waals surface area contributed by atoms with Crippen LogP contribution >= 0.6 is 0 Å². The van der Waals surface area contributed by atoms with Gasteiger partial charge in [-0.1, -0.05) is 75.2 Å². The molecular weight excluding hydrogens is 626 g/mol. The van der Waals surface area contributed by atoms with E-state index in [1.54, 1.807) is 0 Å². The summed E-state index contributed by atoms with van der Waals surface area (Å²) in [5.74, 6) is -3.08. The van der Waals surface area contributed by atoms with Crippen LogP contribution < -0.4 is 21.7 Å². The summed E-state index contributed by atoms with van der Waals surface area (Å²) in [5.41, 5.74) is 3.78. The van der Waals surface area contributed by atoms with Gasteiger partial charge in [-0.25, -0.2) is 4.79 Å². The number of carbonyl (C=O) groups excluding carboxylic acids is 5. The molecule has 3 aliphatic rings. The summed E-state index contributed by atoms with van der Waals surface area (Å²) in [4.78, 5) is 67.5. The summed E-state index contributed by atoms with van der Waals surface area (Å²) in [6.07, 6.45) is 2.25. The number of hydrogen-bond acceptors (Lipinski definition) is 7. The SMILES string of the molecule is CCCCC(NC(=O)[C@@H]1[C@@H]2[C@H](CN1C(=O)[C@@H](NC(=O)N[C@H](CN1CCCN(C)S1(=O)=O)C(C)(C)C)C(C)(C)C)C2(C)C)C(=O)C(N)=O. The van der Waals surface area contributed by atoms with E-state index in [2.05, 4.69) is 16.0 Å². The number of likely N-dealkylation sites (tertiary alicyclic amines) is 1. The van der Waals surface area contributed by atoms with E-state index in [4.69, 9.17) is 5.73 Å². The highest BCUT2D eigenvalue weighted by molar-refractivity contribution is 7.86. The first kappa shape index (κ1) is 38.7. The lowest BCUT2D eigenvalue weighted by molar-refractivity contribution is -0.145. The highest BCUT2D eigenvalue weighted by Gasteiger charge is 2.70. The first-order valence-electron chi connectivity index (χ1n) is 16.7. The molecule has 5 amide bonds. The molecule has 1 saturated carbocycles. The van der Waals surface area contributed by atoms with E-state index in [0.717, 1.165) is 6.42 Å². The Morgan fingerprint density at radius 1 is 0.957 bits per heavy atom. The number of urea groups is 1. The second-order valence-corrected chi connectivity index (χ2v) is 18.2. The minimum Gasteiger partial charge on any atom is -0.363 e. The predicted octanol–water partition coefficient (Wildman–Crippen LogP) is 1.21. The van der Waals surface area contributed by atoms with Crippen molar-refractivity contribution in [3.63, 3.8) is 0 Å². The number of rotatable bonds is 12. The molecular formula is C32H57N7O7S. The predicted molar refractivity (Wildman–Crippen MR) is 178 cm³/mol. The molecule has 0 bridgehead atoms. The minimum atomic E-state index is -3.66. The summed E-state index contributed by atoms with van der Waals surface area (Å²) in [7, 11) is -2.13. The monoisotopic (exact) mass is 683 g/mol. The highest BCUT2D eigenvalue weighted by atomic mass is 32.2. The largest absolute Gasteiger partial charge is 0.363 e. The first-order valence-corrected chi connectivity index (χ1v) is 18.1. The van der Waals surface area contributed by atoms with E-state index in [1.807, 2.05) is 62.3 Å². The summed E-state index contributed by atoms with van der Waals surface area (Å²) in [6, 6.07) is -4.23. The van der Waals surface area contributed by atoms with E-state index in [-0.39, 0.29) is 30.2 Å². The number of ketones is 1. The number of Topliss-reactive ketones (excluding diaryl/α,β-unsaturated/α-hetero) is 1. The van der Waals surface area contributed by atoms with E-state index >= 15 is 0 Å². The van der Waals surface area contributed by atoms with Gasteiger partial charge in [0.2, 0.25) is 17.6 Å². The molecule has 2 aliphatic heterocycles. The maximum Gasteiger partial charge on any atom is 0.315 e. The van der Waals surface area contributed by atoms with Gasteiger partial charge in [0, 0.05) is 39.3 Å². The number of carbonyl (C=O) groups is 5. The number of piperidine rings is 1. The van der Waals surface area contributed by atoms with Gasteiger partial charge < -0.3 is 26.6 Å². The summed E-state index contributed by atoms with van der Waals surface area (Å²) in [5, 5.41) is 8.50. The lowest BCUT2D eigenvalue weighted by atomic mass is 9.85. The molecule has 5 N–H and O–H groups in total. The third-order valence-corrected chi connectivity index (χ3v) is 12.2. The van der Waals surface area contributed by atoms with Crippen LogP contribution in [0.4, 0.5) is 4.79 Å². The Bertz CT molecular complexity index is 1340. The Morgan fingerprint density at radius 3 is 2.11 bits per heavy atom. The van der Waals surface area contributed by atoms with E-state index in [1.165, 1.54) is 20.6 Å². The molecule has 0 radical (unpaired) electrons. The second kappa shape index (κ2) is 14.0. The van der Waals surface area contributed by atoms with Gasteiger partial charge in [-0.15, -0.1) is 0 Å². The maximum absolute atomic E-state index is 14.3. The Balaban J connectivity index is 1.83. The number of unbranched alkanes of at least 4 members (excludes halogenated alkanes) is 1. The zero-order chi connectivity index (χ0) is 35.9. The average Bonchev–Trinajstić information content (AvgIpc) is 3.26. The second-order valence-electron chi connectivity index (χ2n) is 16.2. The van der Waals surface area contributed by atoms with Gasteiger partial charge in [0.05, 0.1) is 6.04 Å². The molecule has 0 spiro atoms. The Morgan fingerprint density at radius 2 is 1.57 bits per heavy atom.